The summed E-state index contributed by atoms with van der Waals surface area (Å²) in [6, 6.07) is 14.4. The number of carbonyl (C=O) groups is 2. The quantitative estimate of drug-likeness (QED) is 0.661. The molecule has 0 bridgehead atoms. The van der Waals surface area contributed by atoms with Gasteiger partial charge in [0.2, 0.25) is 5.91 Å². The van der Waals surface area contributed by atoms with Crippen molar-refractivity contribution < 1.29 is 9.59 Å². The van der Waals surface area contributed by atoms with E-state index in [1.807, 2.05) is 23.6 Å². The minimum atomic E-state index is -0.133. The second-order valence-corrected chi connectivity index (χ2v) is 6.40. The van der Waals surface area contributed by atoms with Gasteiger partial charge in [0.05, 0.1) is 6.42 Å². The van der Waals surface area contributed by atoms with Gasteiger partial charge in [0.1, 0.15) is 0 Å². The van der Waals surface area contributed by atoms with Crippen LogP contribution in [0, 0.1) is 0 Å². The van der Waals surface area contributed by atoms with Gasteiger partial charge in [0.25, 0.3) is 0 Å². The molecule has 25 heavy (non-hydrogen) atoms. The van der Waals surface area contributed by atoms with Crippen molar-refractivity contribution in [2.75, 3.05) is 10.6 Å². The summed E-state index contributed by atoms with van der Waals surface area (Å²) in [5.41, 5.74) is 1.37. The molecule has 3 aromatic rings. The molecule has 3 rings (SSSR count). The number of nitrogens with zero attached hydrogens (tertiary/aromatic N) is 2. The monoisotopic (exact) mass is 352 g/mol. The van der Waals surface area contributed by atoms with Crippen LogP contribution < -0.4 is 10.6 Å². The molecule has 0 unspecified atom stereocenters. The van der Waals surface area contributed by atoms with Gasteiger partial charge in [-0.05, 0) is 42.6 Å². The molecule has 0 saturated heterocycles. The molecule has 1 amide bonds. The van der Waals surface area contributed by atoms with Crippen LogP contribution in [0.4, 0.5) is 17.3 Å². The van der Waals surface area contributed by atoms with Gasteiger partial charge in [-0.15, -0.1) is 21.5 Å². The predicted molar refractivity (Wildman–Crippen MR) is 98.4 cm³/mol. The number of rotatable bonds is 6. The lowest BCUT2D eigenvalue weighted by atomic mass is 10.1. The van der Waals surface area contributed by atoms with Gasteiger partial charge in [-0.3, -0.25) is 9.59 Å². The Bertz CT molecular complexity index is 876. The summed E-state index contributed by atoms with van der Waals surface area (Å²) in [5, 5.41) is 15.8. The van der Waals surface area contributed by atoms with E-state index < -0.39 is 0 Å². The fraction of sp³-hybridized carbons (Fsp3) is 0.111. The zero-order valence-corrected chi connectivity index (χ0v) is 14.3. The van der Waals surface area contributed by atoms with Crippen LogP contribution in [-0.4, -0.2) is 21.9 Å². The standard InChI is InChI=1S/C18H16N4O2S/c1-12(23)13-4-2-5-14(10-13)19-16-7-8-17(22-21-16)20-18(24)11-15-6-3-9-25-15/h2-10H,11H2,1H3,(H,19,21)(H,20,22,24). The van der Waals surface area contributed by atoms with Gasteiger partial charge in [0.15, 0.2) is 17.4 Å². The number of thiophene rings is 1. The molecule has 0 spiro atoms. The lowest BCUT2D eigenvalue weighted by molar-refractivity contribution is -0.115. The molecular formula is C18H16N4O2S. The van der Waals surface area contributed by atoms with Crippen molar-refractivity contribution in [1.29, 1.82) is 0 Å². The van der Waals surface area contributed by atoms with Crippen LogP contribution in [0.2, 0.25) is 0 Å². The molecule has 2 aromatic heterocycles. The average Bonchev–Trinajstić information content (AvgIpc) is 3.10. The number of anilines is 3. The molecule has 0 atom stereocenters. The summed E-state index contributed by atoms with van der Waals surface area (Å²) in [6.07, 6.45) is 0.317. The third-order valence-corrected chi connectivity index (χ3v) is 4.26. The molecule has 1 aromatic carbocycles. The molecule has 126 valence electrons. The first-order chi connectivity index (χ1) is 12.1. The van der Waals surface area contributed by atoms with Crippen molar-refractivity contribution in [3.8, 4) is 0 Å². The van der Waals surface area contributed by atoms with Crippen molar-refractivity contribution in [2.24, 2.45) is 0 Å². The average molecular weight is 352 g/mol. The lowest BCUT2D eigenvalue weighted by Gasteiger charge is -2.07. The van der Waals surface area contributed by atoms with Crippen LogP contribution >= 0.6 is 11.3 Å². The summed E-state index contributed by atoms with van der Waals surface area (Å²) in [4.78, 5) is 24.3. The molecule has 0 fully saturated rings. The van der Waals surface area contributed by atoms with E-state index in [9.17, 15) is 9.59 Å². The first-order valence-electron chi connectivity index (χ1n) is 7.64. The zero-order chi connectivity index (χ0) is 17.6. The number of hydrogen-bond donors (Lipinski definition) is 2. The Morgan fingerprint density at radius 3 is 2.52 bits per heavy atom. The van der Waals surface area contributed by atoms with Gasteiger partial charge >= 0.3 is 0 Å². The number of nitrogens with one attached hydrogen (secondary N) is 2. The van der Waals surface area contributed by atoms with E-state index in [1.165, 1.54) is 18.3 Å². The fourth-order valence-electron chi connectivity index (χ4n) is 2.19. The van der Waals surface area contributed by atoms with E-state index in [0.29, 0.717) is 23.6 Å². The maximum atomic E-state index is 11.9. The Balaban J connectivity index is 1.61. The van der Waals surface area contributed by atoms with Crippen LogP contribution in [0.15, 0.2) is 53.9 Å². The Morgan fingerprint density at radius 1 is 1.04 bits per heavy atom. The highest BCUT2D eigenvalue weighted by atomic mass is 32.1. The van der Waals surface area contributed by atoms with E-state index in [1.54, 1.807) is 30.3 Å². The van der Waals surface area contributed by atoms with Crippen molar-refractivity contribution in [2.45, 2.75) is 13.3 Å². The van der Waals surface area contributed by atoms with Crippen molar-refractivity contribution >= 4 is 40.4 Å². The van der Waals surface area contributed by atoms with Crippen LogP contribution in [-0.2, 0) is 11.2 Å². The fourth-order valence-corrected chi connectivity index (χ4v) is 2.89. The third-order valence-electron chi connectivity index (χ3n) is 3.39. The second kappa shape index (κ2) is 7.67. The van der Waals surface area contributed by atoms with Gasteiger partial charge in [0, 0.05) is 16.1 Å². The van der Waals surface area contributed by atoms with Crippen molar-refractivity contribution in [3.05, 3.63) is 64.4 Å². The van der Waals surface area contributed by atoms with Crippen LogP contribution in [0.1, 0.15) is 22.2 Å². The number of carbonyl (C=O) groups excluding carboxylic acids is 2. The number of ketones is 1. The summed E-state index contributed by atoms with van der Waals surface area (Å²) in [6.45, 7) is 1.52. The number of Topliss-reactive ketones (excluding diaryl/α,β-unsaturated/α-hetero) is 1. The van der Waals surface area contributed by atoms with Gasteiger partial charge in [-0.2, -0.15) is 0 Å². The smallest absolute Gasteiger partial charge is 0.230 e. The third kappa shape index (κ3) is 4.71. The Kier molecular flexibility index (Phi) is 5.15. The molecule has 0 aliphatic carbocycles. The van der Waals surface area contributed by atoms with E-state index in [0.717, 1.165) is 10.6 Å². The van der Waals surface area contributed by atoms with Gasteiger partial charge in [-0.1, -0.05) is 18.2 Å². The molecule has 2 N–H and O–H groups in total. The summed E-state index contributed by atoms with van der Waals surface area (Å²) >= 11 is 1.54. The minimum absolute atomic E-state index is 0.00136. The van der Waals surface area contributed by atoms with E-state index in [-0.39, 0.29) is 11.7 Å². The van der Waals surface area contributed by atoms with Crippen LogP contribution in [0.25, 0.3) is 0 Å². The molecule has 0 aliphatic heterocycles. The number of aromatic nitrogens is 2. The summed E-state index contributed by atoms with van der Waals surface area (Å²) in [7, 11) is 0. The maximum absolute atomic E-state index is 11.9. The molecule has 6 nitrogen and oxygen atoms in total. The first kappa shape index (κ1) is 16.8. The van der Waals surface area contributed by atoms with E-state index >= 15 is 0 Å². The lowest BCUT2D eigenvalue weighted by Crippen LogP contribution is -2.15. The van der Waals surface area contributed by atoms with E-state index in [4.69, 9.17) is 0 Å². The normalized spacial score (nSPS) is 10.3. The predicted octanol–water partition coefficient (Wildman–Crippen LogP) is 3.67. The Labute approximate surface area is 148 Å². The van der Waals surface area contributed by atoms with Crippen molar-refractivity contribution in [1.82, 2.24) is 10.2 Å². The highest BCUT2D eigenvalue weighted by Gasteiger charge is 2.07. The SMILES string of the molecule is CC(=O)c1cccc(Nc2ccc(NC(=O)Cc3cccs3)nn2)c1. The largest absolute Gasteiger partial charge is 0.339 e. The Morgan fingerprint density at radius 2 is 1.84 bits per heavy atom. The molecule has 7 heteroatoms. The molecule has 0 saturated carbocycles. The number of amides is 1. The van der Waals surface area contributed by atoms with Gasteiger partial charge < -0.3 is 10.6 Å². The van der Waals surface area contributed by atoms with Crippen LogP contribution in [0.3, 0.4) is 0 Å². The summed E-state index contributed by atoms with van der Waals surface area (Å²) < 4.78 is 0. The molecule has 0 radical (unpaired) electrons. The van der Waals surface area contributed by atoms with Crippen molar-refractivity contribution in [3.63, 3.8) is 0 Å². The number of hydrogen-bond acceptors (Lipinski definition) is 6. The molecular weight excluding hydrogens is 336 g/mol. The van der Waals surface area contributed by atoms with Gasteiger partial charge in [-0.25, -0.2) is 0 Å². The topological polar surface area (TPSA) is 84.0 Å². The molecule has 2 heterocycles. The zero-order valence-electron chi connectivity index (χ0n) is 13.5. The minimum Gasteiger partial charge on any atom is -0.339 e. The van der Waals surface area contributed by atoms with Crippen LogP contribution in [0.5, 0.6) is 0 Å². The van der Waals surface area contributed by atoms with E-state index in [2.05, 4.69) is 20.8 Å². The second-order valence-electron chi connectivity index (χ2n) is 5.37. The molecule has 0 aliphatic rings. The first-order valence-corrected chi connectivity index (χ1v) is 8.52. The highest BCUT2D eigenvalue weighted by Crippen LogP contribution is 2.17. The number of benzene rings is 1. The highest BCUT2D eigenvalue weighted by molar-refractivity contribution is 7.10. The maximum Gasteiger partial charge on any atom is 0.230 e. The Hall–Kier alpha value is -3.06. The summed E-state index contributed by atoms with van der Waals surface area (Å²) in [5.74, 6) is 0.784.